The van der Waals surface area contributed by atoms with Crippen molar-refractivity contribution in [1.82, 2.24) is 10.3 Å². The van der Waals surface area contributed by atoms with Crippen LogP contribution in [0.1, 0.15) is 49.8 Å². The van der Waals surface area contributed by atoms with E-state index in [2.05, 4.69) is 35.6 Å². The molecule has 1 fully saturated rings. The summed E-state index contributed by atoms with van der Waals surface area (Å²) in [6.07, 6.45) is 7.20. The van der Waals surface area contributed by atoms with E-state index in [1.807, 2.05) is 6.92 Å². The summed E-state index contributed by atoms with van der Waals surface area (Å²) < 4.78 is 0. The van der Waals surface area contributed by atoms with Crippen LogP contribution in [0.25, 0.3) is 0 Å². The zero-order valence-electron chi connectivity index (χ0n) is 10.4. The Morgan fingerprint density at radius 1 is 1.38 bits per heavy atom. The number of nitrogens with zero attached hydrogens (tertiary/aromatic N) is 1. The summed E-state index contributed by atoms with van der Waals surface area (Å²) in [6, 6.07) is 5.10. The summed E-state index contributed by atoms with van der Waals surface area (Å²) in [4.78, 5) is 4.39. The molecule has 88 valence electrons. The summed E-state index contributed by atoms with van der Waals surface area (Å²) in [5, 5.41) is 3.62. The Kier molecular flexibility index (Phi) is 3.94. The molecule has 16 heavy (non-hydrogen) atoms. The first-order valence-corrected chi connectivity index (χ1v) is 6.45. The van der Waals surface area contributed by atoms with Gasteiger partial charge in [-0.3, -0.25) is 4.98 Å². The first-order valence-electron chi connectivity index (χ1n) is 6.45. The lowest BCUT2D eigenvalue weighted by Gasteiger charge is -2.12. The average Bonchev–Trinajstić information content (AvgIpc) is 2.76. The fourth-order valence-electron chi connectivity index (χ4n) is 2.54. The van der Waals surface area contributed by atoms with Crippen LogP contribution < -0.4 is 5.32 Å². The number of aromatic nitrogens is 1. The third kappa shape index (κ3) is 2.82. The lowest BCUT2D eigenvalue weighted by atomic mass is 9.99. The molecular weight excluding hydrogens is 196 g/mol. The summed E-state index contributed by atoms with van der Waals surface area (Å²) in [7, 11) is 0. The molecular formula is C14H22N2. The zero-order valence-corrected chi connectivity index (χ0v) is 10.4. The summed E-state index contributed by atoms with van der Waals surface area (Å²) in [5.74, 6) is 0.724. The number of hydrogen-bond donors (Lipinski definition) is 1. The van der Waals surface area contributed by atoms with Gasteiger partial charge in [-0.05, 0) is 56.7 Å². The van der Waals surface area contributed by atoms with Crippen LogP contribution in [0.2, 0.25) is 0 Å². The van der Waals surface area contributed by atoms with Crippen molar-refractivity contribution in [2.45, 2.75) is 51.5 Å². The van der Waals surface area contributed by atoms with Crippen molar-refractivity contribution in [1.29, 1.82) is 0 Å². The monoisotopic (exact) mass is 218 g/mol. The van der Waals surface area contributed by atoms with Gasteiger partial charge < -0.3 is 5.32 Å². The molecule has 2 rings (SSSR count). The SMILES string of the molecule is CCCNC1CCC(c2ccc(C)nc2)C1. The Bertz CT molecular complexity index is 318. The predicted octanol–water partition coefficient (Wildman–Crippen LogP) is 3.03. The first kappa shape index (κ1) is 11.6. The molecule has 1 saturated carbocycles. The molecule has 0 radical (unpaired) electrons. The molecule has 2 atom stereocenters. The van der Waals surface area contributed by atoms with Crippen molar-refractivity contribution >= 4 is 0 Å². The largest absolute Gasteiger partial charge is 0.314 e. The molecule has 0 saturated heterocycles. The highest BCUT2D eigenvalue weighted by molar-refractivity contribution is 5.19. The van der Waals surface area contributed by atoms with E-state index in [-0.39, 0.29) is 0 Å². The van der Waals surface area contributed by atoms with Gasteiger partial charge in [0.15, 0.2) is 0 Å². The van der Waals surface area contributed by atoms with Gasteiger partial charge in [0, 0.05) is 17.9 Å². The topological polar surface area (TPSA) is 24.9 Å². The van der Waals surface area contributed by atoms with Gasteiger partial charge in [-0.15, -0.1) is 0 Å². The lowest BCUT2D eigenvalue weighted by molar-refractivity contribution is 0.517. The minimum Gasteiger partial charge on any atom is -0.314 e. The van der Waals surface area contributed by atoms with E-state index >= 15 is 0 Å². The first-order chi connectivity index (χ1) is 7.79. The minimum absolute atomic E-state index is 0.724. The van der Waals surface area contributed by atoms with Gasteiger partial charge in [0.2, 0.25) is 0 Å². The van der Waals surface area contributed by atoms with Gasteiger partial charge in [-0.2, -0.15) is 0 Å². The van der Waals surface area contributed by atoms with Crippen molar-refractivity contribution in [2.24, 2.45) is 0 Å². The van der Waals surface area contributed by atoms with Crippen LogP contribution in [0, 0.1) is 6.92 Å². The van der Waals surface area contributed by atoms with E-state index in [0.717, 1.165) is 24.2 Å². The number of rotatable bonds is 4. The summed E-state index contributed by atoms with van der Waals surface area (Å²) >= 11 is 0. The van der Waals surface area contributed by atoms with E-state index in [1.54, 1.807) is 0 Å². The molecule has 0 bridgehead atoms. The van der Waals surface area contributed by atoms with Crippen LogP contribution in [0.15, 0.2) is 18.3 Å². The molecule has 0 aromatic carbocycles. The van der Waals surface area contributed by atoms with E-state index < -0.39 is 0 Å². The van der Waals surface area contributed by atoms with Crippen LogP contribution >= 0.6 is 0 Å². The van der Waals surface area contributed by atoms with Gasteiger partial charge >= 0.3 is 0 Å². The molecule has 2 heteroatoms. The van der Waals surface area contributed by atoms with Gasteiger partial charge in [-0.1, -0.05) is 13.0 Å². The molecule has 1 aliphatic carbocycles. The van der Waals surface area contributed by atoms with Crippen molar-refractivity contribution in [3.63, 3.8) is 0 Å². The van der Waals surface area contributed by atoms with E-state index in [4.69, 9.17) is 0 Å². The lowest BCUT2D eigenvalue weighted by Crippen LogP contribution is -2.26. The maximum atomic E-state index is 4.39. The van der Waals surface area contributed by atoms with Crippen molar-refractivity contribution in [2.75, 3.05) is 6.54 Å². The molecule has 1 N–H and O–H groups in total. The highest BCUT2D eigenvalue weighted by atomic mass is 14.9. The average molecular weight is 218 g/mol. The number of nitrogens with one attached hydrogen (secondary N) is 1. The molecule has 0 aliphatic heterocycles. The standard InChI is InChI=1S/C14H22N2/c1-3-8-15-14-7-6-12(9-14)13-5-4-11(2)16-10-13/h4-5,10,12,14-15H,3,6-9H2,1-2H3. The highest BCUT2D eigenvalue weighted by Gasteiger charge is 2.25. The van der Waals surface area contributed by atoms with Gasteiger partial charge in [-0.25, -0.2) is 0 Å². The molecule has 2 unspecified atom stereocenters. The second-order valence-corrected chi connectivity index (χ2v) is 4.89. The summed E-state index contributed by atoms with van der Waals surface area (Å²) in [6.45, 7) is 5.43. The van der Waals surface area contributed by atoms with Crippen molar-refractivity contribution in [3.8, 4) is 0 Å². The molecule has 1 aromatic rings. The van der Waals surface area contributed by atoms with E-state index in [9.17, 15) is 0 Å². The Hall–Kier alpha value is -0.890. The normalized spacial score (nSPS) is 24.9. The maximum absolute atomic E-state index is 4.39. The molecule has 0 spiro atoms. The fraction of sp³-hybridized carbons (Fsp3) is 0.643. The molecule has 1 heterocycles. The fourth-order valence-corrected chi connectivity index (χ4v) is 2.54. The van der Waals surface area contributed by atoms with Gasteiger partial charge in [0.25, 0.3) is 0 Å². The van der Waals surface area contributed by atoms with Crippen LogP contribution in [0.5, 0.6) is 0 Å². The predicted molar refractivity (Wildman–Crippen MR) is 67.6 cm³/mol. The quantitative estimate of drug-likeness (QED) is 0.840. The Morgan fingerprint density at radius 3 is 2.94 bits per heavy atom. The third-order valence-electron chi connectivity index (χ3n) is 3.52. The third-order valence-corrected chi connectivity index (χ3v) is 3.52. The van der Waals surface area contributed by atoms with E-state index in [1.165, 1.54) is 31.2 Å². The van der Waals surface area contributed by atoms with Gasteiger partial charge in [0.1, 0.15) is 0 Å². The molecule has 2 nitrogen and oxygen atoms in total. The van der Waals surface area contributed by atoms with Crippen LogP contribution in [-0.2, 0) is 0 Å². The van der Waals surface area contributed by atoms with Crippen molar-refractivity contribution < 1.29 is 0 Å². The second-order valence-electron chi connectivity index (χ2n) is 4.89. The summed E-state index contributed by atoms with van der Waals surface area (Å²) in [5.41, 5.74) is 2.54. The number of pyridine rings is 1. The van der Waals surface area contributed by atoms with Crippen LogP contribution in [0.4, 0.5) is 0 Å². The Morgan fingerprint density at radius 2 is 2.25 bits per heavy atom. The number of aryl methyl sites for hydroxylation is 1. The van der Waals surface area contributed by atoms with Crippen LogP contribution in [0.3, 0.4) is 0 Å². The Labute approximate surface area is 98.5 Å². The zero-order chi connectivity index (χ0) is 11.4. The minimum atomic E-state index is 0.724. The maximum Gasteiger partial charge on any atom is 0.0372 e. The smallest absolute Gasteiger partial charge is 0.0372 e. The Balaban J connectivity index is 1.90. The molecule has 1 aromatic heterocycles. The molecule has 1 aliphatic rings. The molecule has 0 amide bonds. The van der Waals surface area contributed by atoms with E-state index in [0.29, 0.717) is 0 Å². The van der Waals surface area contributed by atoms with Crippen LogP contribution in [-0.4, -0.2) is 17.6 Å². The highest BCUT2D eigenvalue weighted by Crippen LogP contribution is 2.34. The van der Waals surface area contributed by atoms with Gasteiger partial charge in [0.05, 0.1) is 0 Å². The second kappa shape index (κ2) is 5.44. The van der Waals surface area contributed by atoms with Crippen molar-refractivity contribution in [3.05, 3.63) is 29.6 Å². The number of hydrogen-bond acceptors (Lipinski definition) is 2.